The summed E-state index contributed by atoms with van der Waals surface area (Å²) < 4.78 is 26.5. The number of carboxylic acid groups (broad SMARTS) is 1. The molecule has 1 atom stereocenters. The Morgan fingerprint density at radius 1 is 1.48 bits per heavy atom. The van der Waals surface area contributed by atoms with Gasteiger partial charge in [-0.1, -0.05) is 5.16 Å². The first-order valence-electron chi connectivity index (χ1n) is 5.98. The third-order valence-corrected chi connectivity index (χ3v) is 3.40. The molecule has 1 rings (SSSR count). The van der Waals surface area contributed by atoms with Crippen molar-refractivity contribution in [3.05, 3.63) is 12.2 Å². The average molecular weight is 320 g/mol. The van der Waals surface area contributed by atoms with Gasteiger partial charge in [0, 0.05) is 19.2 Å². The van der Waals surface area contributed by atoms with Crippen molar-refractivity contribution in [3.63, 3.8) is 0 Å². The lowest BCUT2D eigenvalue weighted by molar-refractivity contribution is -0.139. The van der Waals surface area contributed by atoms with Crippen LogP contribution in [0.3, 0.4) is 0 Å². The topological polar surface area (TPSA) is 151 Å². The minimum atomic E-state index is -3.30. The molecule has 1 heterocycles. The summed E-state index contributed by atoms with van der Waals surface area (Å²) in [7, 11) is -3.30. The number of sulfone groups is 1. The van der Waals surface area contributed by atoms with E-state index < -0.39 is 27.9 Å². The first kappa shape index (κ1) is 16.9. The molecule has 1 aromatic heterocycles. The molecule has 0 spiro atoms. The zero-order valence-corrected chi connectivity index (χ0v) is 12.1. The van der Waals surface area contributed by atoms with Gasteiger partial charge in [0.05, 0.1) is 5.75 Å². The Bertz CT molecular complexity index is 570. The smallest absolute Gasteiger partial charge is 0.326 e. The van der Waals surface area contributed by atoms with Crippen molar-refractivity contribution in [2.45, 2.75) is 18.9 Å². The summed E-state index contributed by atoms with van der Waals surface area (Å²) in [6.07, 6.45) is 2.27. The number of amides is 2. The minimum absolute atomic E-state index is 0.184. The molecular weight excluding hydrogens is 304 g/mol. The van der Waals surface area contributed by atoms with Crippen molar-refractivity contribution in [1.82, 2.24) is 20.8 Å². The number of carboxylic acids is 1. The van der Waals surface area contributed by atoms with E-state index in [1.165, 1.54) is 0 Å². The van der Waals surface area contributed by atoms with Crippen molar-refractivity contribution in [2.24, 2.45) is 0 Å². The quantitative estimate of drug-likeness (QED) is 0.540. The van der Waals surface area contributed by atoms with Gasteiger partial charge in [0.2, 0.25) is 6.39 Å². The lowest BCUT2D eigenvalue weighted by Crippen LogP contribution is -2.47. The van der Waals surface area contributed by atoms with Gasteiger partial charge < -0.3 is 20.3 Å². The highest BCUT2D eigenvalue weighted by Gasteiger charge is 2.21. The number of rotatable bonds is 8. The number of aromatic nitrogens is 2. The number of hydrogen-bond acceptors (Lipinski definition) is 7. The fraction of sp³-hybridized carbons (Fsp3) is 0.600. The Morgan fingerprint density at radius 2 is 2.19 bits per heavy atom. The predicted octanol–water partition coefficient (Wildman–Crippen LogP) is -1.20. The van der Waals surface area contributed by atoms with Crippen LogP contribution in [-0.4, -0.2) is 60.3 Å². The lowest BCUT2D eigenvalue weighted by atomic mass is 10.2. The molecule has 0 saturated heterocycles. The summed E-state index contributed by atoms with van der Waals surface area (Å²) in [5.74, 6) is -1.22. The highest BCUT2D eigenvalue weighted by atomic mass is 32.2. The summed E-state index contributed by atoms with van der Waals surface area (Å²) in [6, 6.07) is -1.98. The fourth-order valence-electron chi connectivity index (χ4n) is 1.39. The van der Waals surface area contributed by atoms with Gasteiger partial charge >= 0.3 is 12.0 Å². The molecule has 0 bridgehead atoms. The second-order valence-corrected chi connectivity index (χ2v) is 6.57. The Hall–Kier alpha value is -2.17. The van der Waals surface area contributed by atoms with E-state index in [2.05, 4.69) is 25.3 Å². The van der Waals surface area contributed by atoms with E-state index in [9.17, 15) is 18.0 Å². The number of urea groups is 1. The van der Waals surface area contributed by atoms with Crippen molar-refractivity contribution in [3.8, 4) is 0 Å². The van der Waals surface area contributed by atoms with Crippen molar-refractivity contribution in [2.75, 3.05) is 18.6 Å². The van der Waals surface area contributed by atoms with E-state index >= 15 is 0 Å². The molecule has 0 aromatic carbocycles. The van der Waals surface area contributed by atoms with Crippen LogP contribution in [0.15, 0.2) is 10.9 Å². The first-order chi connectivity index (χ1) is 9.78. The maximum absolute atomic E-state index is 11.5. The molecule has 118 valence electrons. The standard InChI is InChI=1S/C10H16N4O6S/c1-21(18,19)5-3-7(9(15)16)13-10(17)11-4-2-8-12-6-20-14-8/h6-7H,2-5H2,1H3,(H,15,16)(H2,11,13,17). The van der Waals surface area contributed by atoms with Gasteiger partial charge in [-0.25, -0.2) is 18.0 Å². The second kappa shape index (κ2) is 7.57. The Kier molecular flexibility index (Phi) is 6.09. The number of carbonyl (C=O) groups excluding carboxylic acids is 1. The maximum Gasteiger partial charge on any atom is 0.326 e. The van der Waals surface area contributed by atoms with Crippen molar-refractivity contribution < 1.29 is 27.6 Å². The summed E-state index contributed by atoms with van der Waals surface area (Å²) in [5.41, 5.74) is 0. The van der Waals surface area contributed by atoms with Crippen LogP contribution >= 0.6 is 0 Å². The highest BCUT2D eigenvalue weighted by Crippen LogP contribution is 1.97. The van der Waals surface area contributed by atoms with Crippen LogP contribution in [-0.2, 0) is 21.1 Å². The maximum atomic E-state index is 11.5. The van der Waals surface area contributed by atoms with E-state index in [0.717, 1.165) is 12.6 Å². The van der Waals surface area contributed by atoms with E-state index in [-0.39, 0.29) is 18.7 Å². The van der Waals surface area contributed by atoms with Gasteiger partial charge in [0.25, 0.3) is 0 Å². The third-order valence-electron chi connectivity index (χ3n) is 2.42. The molecule has 21 heavy (non-hydrogen) atoms. The molecule has 0 radical (unpaired) electrons. The van der Waals surface area contributed by atoms with E-state index in [4.69, 9.17) is 5.11 Å². The van der Waals surface area contributed by atoms with Crippen LogP contribution in [0.1, 0.15) is 12.2 Å². The van der Waals surface area contributed by atoms with Gasteiger partial charge in [0.15, 0.2) is 5.82 Å². The molecule has 0 aliphatic rings. The van der Waals surface area contributed by atoms with E-state index in [1.54, 1.807) is 0 Å². The van der Waals surface area contributed by atoms with Gasteiger partial charge in [0.1, 0.15) is 15.9 Å². The van der Waals surface area contributed by atoms with Gasteiger partial charge in [-0.3, -0.25) is 0 Å². The van der Waals surface area contributed by atoms with Gasteiger partial charge in [-0.15, -0.1) is 0 Å². The van der Waals surface area contributed by atoms with Crippen LogP contribution in [0.2, 0.25) is 0 Å². The van der Waals surface area contributed by atoms with Crippen LogP contribution in [0.25, 0.3) is 0 Å². The molecule has 11 heteroatoms. The molecule has 2 amide bonds. The third kappa shape index (κ3) is 7.25. The fourth-order valence-corrected chi connectivity index (χ4v) is 2.05. The Morgan fingerprint density at radius 3 is 2.71 bits per heavy atom. The number of nitrogens with one attached hydrogen (secondary N) is 2. The van der Waals surface area contributed by atoms with Crippen molar-refractivity contribution in [1.29, 1.82) is 0 Å². The molecule has 0 saturated carbocycles. The summed E-state index contributed by atoms with van der Waals surface area (Å²) in [4.78, 5) is 26.2. The van der Waals surface area contributed by atoms with Crippen LogP contribution in [0.4, 0.5) is 4.79 Å². The predicted molar refractivity (Wildman–Crippen MR) is 70.3 cm³/mol. The average Bonchev–Trinajstić information content (AvgIpc) is 2.86. The second-order valence-electron chi connectivity index (χ2n) is 4.31. The van der Waals surface area contributed by atoms with Crippen LogP contribution in [0.5, 0.6) is 0 Å². The minimum Gasteiger partial charge on any atom is -0.480 e. The lowest BCUT2D eigenvalue weighted by Gasteiger charge is -2.14. The molecule has 1 aromatic rings. The highest BCUT2D eigenvalue weighted by molar-refractivity contribution is 7.90. The molecule has 0 aliphatic carbocycles. The number of nitrogens with zero attached hydrogens (tertiary/aromatic N) is 2. The Balaban J connectivity index is 2.36. The molecule has 0 aliphatic heterocycles. The summed E-state index contributed by atoms with van der Waals surface area (Å²) >= 11 is 0. The van der Waals surface area contributed by atoms with Gasteiger partial charge in [-0.05, 0) is 6.42 Å². The summed E-state index contributed by atoms with van der Waals surface area (Å²) in [5, 5.41) is 17.1. The zero-order valence-electron chi connectivity index (χ0n) is 11.3. The van der Waals surface area contributed by atoms with E-state index in [0.29, 0.717) is 12.2 Å². The Labute approximate surface area is 120 Å². The molecular formula is C10H16N4O6S. The summed E-state index contributed by atoms with van der Waals surface area (Å²) in [6.45, 7) is 0.184. The van der Waals surface area contributed by atoms with Crippen LogP contribution < -0.4 is 10.6 Å². The van der Waals surface area contributed by atoms with Crippen LogP contribution in [0, 0.1) is 0 Å². The molecule has 3 N–H and O–H groups in total. The molecule has 1 unspecified atom stereocenters. The van der Waals surface area contributed by atoms with E-state index in [1.807, 2.05) is 0 Å². The molecule has 10 nitrogen and oxygen atoms in total. The largest absolute Gasteiger partial charge is 0.480 e. The first-order valence-corrected chi connectivity index (χ1v) is 8.04. The zero-order chi connectivity index (χ0) is 15.9. The van der Waals surface area contributed by atoms with Gasteiger partial charge in [-0.2, -0.15) is 4.98 Å². The number of hydrogen-bond donors (Lipinski definition) is 3. The normalized spacial score (nSPS) is 12.6. The SMILES string of the molecule is CS(=O)(=O)CCC(NC(=O)NCCc1ncon1)C(=O)O. The van der Waals surface area contributed by atoms with Crippen molar-refractivity contribution >= 4 is 21.8 Å². The number of aliphatic carboxylic acids is 1. The monoisotopic (exact) mass is 320 g/mol. The molecule has 0 fully saturated rings. The number of carbonyl (C=O) groups is 2.